The van der Waals surface area contributed by atoms with Crippen molar-refractivity contribution >= 4 is 24.0 Å². The number of hydrogen-bond donors (Lipinski definition) is 8. The highest BCUT2D eigenvalue weighted by molar-refractivity contribution is 5.91. The van der Waals surface area contributed by atoms with E-state index < -0.39 is 64.9 Å². The Labute approximate surface area is 283 Å². The van der Waals surface area contributed by atoms with Crippen molar-refractivity contribution < 1.29 is 69.4 Å². The summed E-state index contributed by atoms with van der Waals surface area (Å²) in [6.45, 7) is 1.28. The molecule has 1 aliphatic rings. The van der Waals surface area contributed by atoms with Crippen molar-refractivity contribution in [2.45, 2.75) is 37.4 Å². The van der Waals surface area contributed by atoms with E-state index >= 15 is 0 Å². The van der Waals surface area contributed by atoms with Gasteiger partial charge in [-0.25, -0.2) is 9.59 Å². The van der Waals surface area contributed by atoms with Gasteiger partial charge in [-0.1, -0.05) is 31.2 Å². The van der Waals surface area contributed by atoms with Crippen LogP contribution in [0, 0.1) is 0 Å². The highest BCUT2D eigenvalue weighted by Gasteiger charge is 2.44. The molecule has 1 heterocycles. The van der Waals surface area contributed by atoms with Gasteiger partial charge in [-0.2, -0.15) is 0 Å². The van der Waals surface area contributed by atoms with Gasteiger partial charge in [0.05, 0.1) is 6.61 Å². The van der Waals surface area contributed by atoms with E-state index in [1.807, 2.05) is 0 Å². The Morgan fingerprint density at radius 2 is 1.40 bits per heavy atom. The van der Waals surface area contributed by atoms with Gasteiger partial charge >= 0.3 is 17.9 Å². The fraction of sp³-hybridized carbons (Fsp3) is 0.194. The number of aliphatic carboxylic acids is 1. The second-order valence-corrected chi connectivity index (χ2v) is 11.5. The molecule has 4 aromatic carbocycles. The number of ether oxygens (including phenoxy) is 3. The van der Waals surface area contributed by atoms with Crippen LogP contribution in [0.2, 0.25) is 0 Å². The molecule has 0 amide bonds. The lowest BCUT2D eigenvalue weighted by molar-refractivity contribution is -0.162. The maximum Gasteiger partial charge on any atom is 0.345 e. The third-order valence-electron chi connectivity index (χ3n) is 8.19. The summed E-state index contributed by atoms with van der Waals surface area (Å²) >= 11 is 0. The van der Waals surface area contributed by atoms with E-state index in [0.29, 0.717) is 5.56 Å². The highest BCUT2D eigenvalue weighted by atomic mass is 16.6. The first-order chi connectivity index (χ1) is 23.7. The largest absolute Gasteiger partial charge is 0.504 e. The van der Waals surface area contributed by atoms with Crippen LogP contribution in [-0.2, 0) is 30.3 Å². The highest BCUT2D eigenvalue weighted by Crippen LogP contribution is 2.53. The molecule has 0 aliphatic carbocycles. The Morgan fingerprint density at radius 3 is 2.04 bits per heavy atom. The van der Waals surface area contributed by atoms with Gasteiger partial charge < -0.3 is 55.1 Å². The molecule has 14 nitrogen and oxygen atoms in total. The molecule has 8 N–H and O–H groups in total. The topological polar surface area (TPSA) is 241 Å². The predicted molar refractivity (Wildman–Crippen MR) is 173 cm³/mol. The van der Waals surface area contributed by atoms with Crippen molar-refractivity contribution in [1.82, 2.24) is 0 Å². The van der Waals surface area contributed by atoms with Crippen LogP contribution in [0.1, 0.15) is 52.7 Å². The zero-order valence-corrected chi connectivity index (χ0v) is 26.3. The monoisotopic (exact) mass is 688 g/mol. The van der Waals surface area contributed by atoms with E-state index in [9.17, 15) is 55.2 Å². The number of hydrogen-bond acceptors (Lipinski definition) is 13. The number of phenolic OH excluding ortho intramolecular Hbond substituents is 7. The summed E-state index contributed by atoms with van der Waals surface area (Å²) in [5.74, 6) is -8.62. The van der Waals surface area contributed by atoms with Gasteiger partial charge in [-0.05, 0) is 70.8 Å². The molecule has 0 saturated carbocycles. The smallest absolute Gasteiger partial charge is 0.345 e. The fourth-order valence-electron chi connectivity index (χ4n) is 5.53. The molecule has 0 saturated heterocycles. The molecule has 0 radical (unpaired) electrons. The molecule has 0 fully saturated rings. The number of carboxylic acid groups (broad SMARTS) is 1. The summed E-state index contributed by atoms with van der Waals surface area (Å²) in [7, 11) is 0. The van der Waals surface area contributed by atoms with Crippen LogP contribution in [-0.4, -0.2) is 71.5 Å². The van der Waals surface area contributed by atoms with Gasteiger partial charge in [0.15, 0.2) is 46.0 Å². The van der Waals surface area contributed by atoms with Gasteiger partial charge in [0.1, 0.15) is 12.0 Å². The lowest BCUT2D eigenvalue weighted by atomic mass is 9.87. The molecule has 14 heteroatoms. The first-order valence-corrected chi connectivity index (χ1v) is 15.1. The minimum Gasteiger partial charge on any atom is -0.504 e. The molecule has 0 aromatic heterocycles. The number of esters is 2. The number of rotatable bonds is 11. The van der Waals surface area contributed by atoms with E-state index in [2.05, 4.69) is 0 Å². The third-order valence-corrected chi connectivity index (χ3v) is 8.19. The van der Waals surface area contributed by atoms with Crippen molar-refractivity contribution in [3.63, 3.8) is 0 Å². The minimum atomic E-state index is -1.70. The summed E-state index contributed by atoms with van der Waals surface area (Å²) in [5.41, 5.74) is 1.34. The van der Waals surface area contributed by atoms with E-state index in [1.54, 1.807) is 0 Å². The van der Waals surface area contributed by atoms with Crippen molar-refractivity contribution in [1.29, 1.82) is 0 Å². The van der Waals surface area contributed by atoms with E-state index in [1.165, 1.54) is 73.7 Å². The van der Waals surface area contributed by atoms with Crippen LogP contribution in [0.3, 0.4) is 0 Å². The maximum absolute atomic E-state index is 13.7. The first-order valence-electron chi connectivity index (χ1n) is 15.1. The lowest BCUT2D eigenvalue weighted by Gasteiger charge is -2.20. The van der Waals surface area contributed by atoms with Crippen molar-refractivity contribution in [2.75, 3.05) is 6.61 Å². The summed E-state index contributed by atoms with van der Waals surface area (Å²) in [6, 6.07) is 14.2. The van der Waals surface area contributed by atoms with Crippen molar-refractivity contribution in [3.05, 3.63) is 101 Å². The Morgan fingerprint density at radius 1 is 0.780 bits per heavy atom. The first kappa shape index (κ1) is 34.8. The van der Waals surface area contributed by atoms with E-state index in [0.717, 1.165) is 12.1 Å². The quantitative estimate of drug-likeness (QED) is 0.0617. The second kappa shape index (κ2) is 14.3. The van der Waals surface area contributed by atoms with E-state index in [-0.39, 0.29) is 58.3 Å². The molecule has 5 rings (SSSR count). The van der Waals surface area contributed by atoms with Crippen LogP contribution in [0.25, 0.3) is 6.08 Å². The SMILES string of the molecule is CC(c1ccc(O)c(O)c1)[C@@H](OC(=O)/C=C/c1ccc(O)c2c1[C@H](C(=O)OCCc1ccc(O)c(O)c1)[C@@H](c1ccc(O)c(O)c1)O2)C(=O)O. The third kappa shape index (κ3) is 7.28. The molecule has 1 aliphatic heterocycles. The average Bonchev–Trinajstić information content (AvgIpc) is 3.49. The molecule has 50 heavy (non-hydrogen) atoms. The van der Waals surface area contributed by atoms with Gasteiger partial charge in [0.25, 0.3) is 0 Å². The van der Waals surface area contributed by atoms with Crippen LogP contribution < -0.4 is 4.74 Å². The zero-order valence-electron chi connectivity index (χ0n) is 26.3. The van der Waals surface area contributed by atoms with Crippen molar-refractivity contribution in [3.8, 4) is 46.0 Å². The van der Waals surface area contributed by atoms with Gasteiger partial charge in [0.2, 0.25) is 6.10 Å². The van der Waals surface area contributed by atoms with Crippen LogP contribution in [0.15, 0.2) is 72.8 Å². The van der Waals surface area contributed by atoms with Crippen LogP contribution in [0.5, 0.6) is 46.0 Å². The number of aromatic hydroxyl groups is 7. The minimum absolute atomic E-state index is 0.0987. The Hall–Kier alpha value is -6.57. The van der Waals surface area contributed by atoms with Gasteiger partial charge in [-0.3, -0.25) is 4.79 Å². The van der Waals surface area contributed by atoms with Crippen LogP contribution >= 0.6 is 0 Å². The number of carbonyl (C=O) groups excluding carboxylic acids is 2. The zero-order chi connectivity index (χ0) is 36.3. The molecule has 0 bridgehead atoms. The Balaban J connectivity index is 1.43. The van der Waals surface area contributed by atoms with E-state index in [4.69, 9.17) is 14.2 Å². The summed E-state index contributed by atoms with van der Waals surface area (Å²) < 4.78 is 16.8. The number of benzene rings is 4. The lowest BCUT2D eigenvalue weighted by Crippen LogP contribution is -2.31. The van der Waals surface area contributed by atoms with Gasteiger partial charge in [-0.15, -0.1) is 0 Å². The molecule has 4 atom stereocenters. The normalized spacial score (nSPS) is 16.3. The standard InChI is InChI=1S/C36H32O14/c1-17(20-4-8-23(38)27(42)15-20)32(35(45)46)49-29(44)11-6-19-3-10-25(40)34-30(19)31(33(50-34)21-5-9-24(39)28(43)16-21)36(47)48-13-12-18-2-7-22(37)26(41)14-18/h2-11,14-17,31-33,37-43H,12-13H2,1H3,(H,45,46)/b11-6+/t17?,31-,32+,33+/m0/s1. The number of carboxylic acids is 1. The molecule has 260 valence electrons. The number of fused-ring (bicyclic) bond motifs is 1. The summed E-state index contributed by atoms with van der Waals surface area (Å²) in [5, 5.41) is 79.4. The average molecular weight is 689 g/mol. The molecular formula is C36H32O14. The number of carbonyl (C=O) groups is 3. The molecule has 1 unspecified atom stereocenters. The Bertz CT molecular complexity index is 1980. The summed E-state index contributed by atoms with van der Waals surface area (Å²) in [6.07, 6.45) is -0.585. The van der Waals surface area contributed by atoms with Gasteiger partial charge in [0, 0.05) is 24.0 Å². The fourth-order valence-corrected chi connectivity index (χ4v) is 5.53. The van der Waals surface area contributed by atoms with Crippen molar-refractivity contribution in [2.24, 2.45) is 0 Å². The molecule has 0 spiro atoms. The maximum atomic E-state index is 13.7. The molecular weight excluding hydrogens is 656 g/mol. The summed E-state index contributed by atoms with van der Waals surface area (Å²) in [4.78, 5) is 38.7. The predicted octanol–water partition coefficient (Wildman–Crippen LogP) is 4.44. The second-order valence-electron chi connectivity index (χ2n) is 11.5. The number of phenols is 7. The van der Waals surface area contributed by atoms with Crippen LogP contribution in [0.4, 0.5) is 0 Å². The Kier molecular flexibility index (Phi) is 9.92. The molecule has 4 aromatic rings.